The Morgan fingerprint density at radius 2 is 1.75 bits per heavy atom. The quantitative estimate of drug-likeness (QED) is 0.691. The monoisotopic (exact) mass is 204 g/mol. The minimum atomic E-state index is -3.19. The van der Waals surface area contributed by atoms with Gasteiger partial charge in [-0.05, 0) is 5.56 Å². The summed E-state index contributed by atoms with van der Waals surface area (Å²) in [6, 6.07) is 8.72. The van der Waals surface area contributed by atoms with E-state index in [9.17, 15) is 8.42 Å². The van der Waals surface area contributed by atoms with Crippen molar-refractivity contribution in [1.82, 2.24) is 0 Å². The molecule has 0 bridgehead atoms. The van der Waals surface area contributed by atoms with Gasteiger partial charge in [0.2, 0.25) is 0 Å². The van der Waals surface area contributed by atoms with Gasteiger partial charge in [-0.1, -0.05) is 30.3 Å². The standard InChI is InChI=1S/C8H9ClO2S/c1-12(10,11)8(9)7-5-3-2-4-6-7/h2-6,8H,1H3. The van der Waals surface area contributed by atoms with Crippen LogP contribution in [-0.4, -0.2) is 14.7 Å². The first kappa shape index (κ1) is 9.55. The maximum atomic E-state index is 11.0. The Kier molecular flexibility index (Phi) is 2.75. The van der Waals surface area contributed by atoms with E-state index >= 15 is 0 Å². The highest BCUT2D eigenvalue weighted by Gasteiger charge is 2.18. The lowest BCUT2D eigenvalue weighted by Crippen LogP contribution is -2.04. The molecule has 0 amide bonds. The molecule has 66 valence electrons. The first-order valence-corrected chi connectivity index (χ1v) is 5.79. The average Bonchev–Trinajstić information content (AvgIpc) is 2.03. The highest BCUT2D eigenvalue weighted by Crippen LogP contribution is 2.24. The second kappa shape index (κ2) is 3.46. The third-order valence-corrected chi connectivity index (χ3v) is 3.68. The van der Waals surface area contributed by atoms with Crippen molar-refractivity contribution in [3.63, 3.8) is 0 Å². The predicted molar refractivity (Wildman–Crippen MR) is 49.9 cm³/mol. The summed E-state index contributed by atoms with van der Waals surface area (Å²) in [6.45, 7) is 0. The maximum absolute atomic E-state index is 11.0. The molecule has 1 atom stereocenters. The Labute approximate surface area is 77.1 Å². The number of halogens is 1. The third kappa shape index (κ3) is 2.22. The van der Waals surface area contributed by atoms with Gasteiger partial charge in [0.1, 0.15) is 0 Å². The smallest absolute Gasteiger partial charge is 0.168 e. The van der Waals surface area contributed by atoms with Crippen molar-refractivity contribution < 1.29 is 8.42 Å². The fourth-order valence-corrected chi connectivity index (χ4v) is 1.65. The van der Waals surface area contributed by atoms with Gasteiger partial charge in [-0.15, -0.1) is 11.6 Å². The Balaban J connectivity index is 3.02. The molecule has 0 aliphatic heterocycles. The number of hydrogen-bond acceptors (Lipinski definition) is 2. The molecule has 0 heterocycles. The van der Waals surface area contributed by atoms with Gasteiger partial charge in [0.05, 0.1) is 0 Å². The van der Waals surface area contributed by atoms with Crippen molar-refractivity contribution in [3.05, 3.63) is 35.9 Å². The van der Waals surface area contributed by atoms with E-state index < -0.39 is 14.5 Å². The van der Waals surface area contributed by atoms with Gasteiger partial charge in [0.15, 0.2) is 14.5 Å². The van der Waals surface area contributed by atoms with E-state index in [4.69, 9.17) is 11.6 Å². The van der Waals surface area contributed by atoms with Crippen LogP contribution in [0, 0.1) is 0 Å². The molecular weight excluding hydrogens is 196 g/mol. The second-order valence-corrected chi connectivity index (χ2v) is 5.38. The predicted octanol–water partition coefficient (Wildman–Crippen LogP) is 1.97. The summed E-state index contributed by atoms with van der Waals surface area (Å²) in [6.07, 6.45) is 1.12. The van der Waals surface area contributed by atoms with Crippen LogP contribution in [0.1, 0.15) is 10.3 Å². The fraction of sp³-hybridized carbons (Fsp3) is 0.250. The van der Waals surface area contributed by atoms with Crippen LogP contribution >= 0.6 is 11.6 Å². The Bertz CT molecular complexity index is 345. The Hall–Kier alpha value is -0.540. The summed E-state index contributed by atoms with van der Waals surface area (Å²) < 4.78 is 21.1. The summed E-state index contributed by atoms with van der Waals surface area (Å²) in [5.41, 5.74) is 0.613. The normalized spacial score (nSPS) is 14.2. The lowest BCUT2D eigenvalue weighted by molar-refractivity contribution is 0.599. The van der Waals surface area contributed by atoms with Crippen LogP contribution in [0.4, 0.5) is 0 Å². The highest BCUT2D eigenvalue weighted by atomic mass is 35.5. The zero-order valence-corrected chi connectivity index (χ0v) is 8.14. The van der Waals surface area contributed by atoms with E-state index in [1.54, 1.807) is 24.3 Å². The number of sulfone groups is 1. The molecule has 1 aromatic carbocycles. The summed E-state index contributed by atoms with van der Waals surface area (Å²) in [5, 5.41) is 0. The van der Waals surface area contributed by atoms with Gasteiger partial charge in [0, 0.05) is 6.26 Å². The van der Waals surface area contributed by atoms with E-state index in [1.165, 1.54) is 0 Å². The van der Waals surface area contributed by atoms with E-state index in [0.29, 0.717) is 5.56 Å². The topological polar surface area (TPSA) is 34.1 Å². The van der Waals surface area contributed by atoms with Crippen molar-refractivity contribution in [3.8, 4) is 0 Å². The van der Waals surface area contributed by atoms with E-state index in [0.717, 1.165) is 6.26 Å². The lowest BCUT2D eigenvalue weighted by atomic mass is 10.2. The number of benzene rings is 1. The van der Waals surface area contributed by atoms with Crippen molar-refractivity contribution in [2.24, 2.45) is 0 Å². The van der Waals surface area contributed by atoms with Crippen LogP contribution in [-0.2, 0) is 9.84 Å². The molecule has 0 saturated heterocycles. The van der Waals surface area contributed by atoms with Crippen molar-refractivity contribution >= 4 is 21.4 Å². The molecule has 0 fully saturated rings. The van der Waals surface area contributed by atoms with Crippen LogP contribution < -0.4 is 0 Å². The highest BCUT2D eigenvalue weighted by molar-refractivity contribution is 7.92. The fourth-order valence-electron chi connectivity index (χ4n) is 0.852. The number of hydrogen-bond donors (Lipinski definition) is 0. The molecule has 1 unspecified atom stereocenters. The molecule has 0 radical (unpaired) electrons. The van der Waals surface area contributed by atoms with Gasteiger partial charge in [-0.25, -0.2) is 8.42 Å². The van der Waals surface area contributed by atoms with Crippen molar-refractivity contribution in [2.45, 2.75) is 4.71 Å². The van der Waals surface area contributed by atoms with Crippen LogP contribution in [0.2, 0.25) is 0 Å². The summed E-state index contributed by atoms with van der Waals surface area (Å²) in [4.78, 5) is 0. The molecule has 1 rings (SSSR count). The zero-order valence-electron chi connectivity index (χ0n) is 6.57. The molecule has 0 N–H and O–H groups in total. The minimum Gasteiger partial charge on any atom is -0.227 e. The maximum Gasteiger partial charge on any atom is 0.168 e. The van der Waals surface area contributed by atoms with Crippen molar-refractivity contribution in [1.29, 1.82) is 0 Å². The van der Waals surface area contributed by atoms with E-state index in [-0.39, 0.29) is 0 Å². The molecule has 0 saturated carbocycles. The first-order chi connectivity index (χ1) is 5.52. The largest absolute Gasteiger partial charge is 0.227 e. The third-order valence-electron chi connectivity index (χ3n) is 1.44. The van der Waals surface area contributed by atoms with E-state index in [1.807, 2.05) is 6.07 Å². The van der Waals surface area contributed by atoms with Crippen LogP contribution in [0.3, 0.4) is 0 Å². The summed E-state index contributed by atoms with van der Waals surface area (Å²) >= 11 is 5.69. The summed E-state index contributed by atoms with van der Waals surface area (Å²) in [5.74, 6) is 0. The lowest BCUT2D eigenvalue weighted by Gasteiger charge is -2.05. The van der Waals surface area contributed by atoms with Gasteiger partial charge in [-0.3, -0.25) is 0 Å². The minimum absolute atomic E-state index is 0.613. The average molecular weight is 205 g/mol. The van der Waals surface area contributed by atoms with E-state index in [2.05, 4.69) is 0 Å². The second-order valence-electron chi connectivity index (χ2n) is 2.56. The van der Waals surface area contributed by atoms with Gasteiger partial charge < -0.3 is 0 Å². The van der Waals surface area contributed by atoms with Gasteiger partial charge >= 0.3 is 0 Å². The SMILES string of the molecule is CS(=O)(=O)C(Cl)c1ccccc1. The van der Waals surface area contributed by atoms with Crippen LogP contribution in [0.25, 0.3) is 0 Å². The molecule has 0 aromatic heterocycles. The summed E-state index contributed by atoms with van der Waals surface area (Å²) in [7, 11) is -3.19. The zero-order chi connectivity index (χ0) is 9.19. The molecule has 0 aliphatic carbocycles. The molecule has 12 heavy (non-hydrogen) atoms. The van der Waals surface area contributed by atoms with Crippen molar-refractivity contribution in [2.75, 3.05) is 6.26 Å². The Morgan fingerprint density at radius 3 is 2.17 bits per heavy atom. The molecule has 0 spiro atoms. The van der Waals surface area contributed by atoms with Gasteiger partial charge in [-0.2, -0.15) is 0 Å². The number of alkyl halides is 1. The molecule has 2 nitrogen and oxygen atoms in total. The number of rotatable bonds is 2. The first-order valence-electron chi connectivity index (χ1n) is 3.39. The van der Waals surface area contributed by atoms with Crippen LogP contribution in [0.5, 0.6) is 0 Å². The van der Waals surface area contributed by atoms with Crippen LogP contribution in [0.15, 0.2) is 30.3 Å². The Morgan fingerprint density at radius 1 is 1.25 bits per heavy atom. The molecule has 0 aliphatic rings. The molecule has 4 heteroatoms. The molecule has 1 aromatic rings. The molecular formula is C8H9ClO2S. The van der Waals surface area contributed by atoms with Gasteiger partial charge in [0.25, 0.3) is 0 Å².